The molecule has 92 valence electrons. The fourth-order valence-corrected chi connectivity index (χ4v) is 2.35. The molecule has 0 unspecified atom stereocenters. The van der Waals surface area contributed by atoms with E-state index in [1.807, 2.05) is 25.1 Å². The van der Waals surface area contributed by atoms with Gasteiger partial charge in [0.15, 0.2) is 0 Å². The van der Waals surface area contributed by atoms with E-state index in [9.17, 15) is 0 Å². The van der Waals surface area contributed by atoms with Crippen LogP contribution in [0.3, 0.4) is 0 Å². The average Bonchev–Trinajstić information content (AvgIpc) is 2.33. The molecule has 0 aliphatic rings. The predicted molar refractivity (Wildman–Crippen MR) is 82.3 cm³/mol. The Hall–Kier alpha value is -1.46. The van der Waals surface area contributed by atoms with Crippen LogP contribution in [0.2, 0.25) is 0 Å². The van der Waals surface area contributed by atoms with Gasteiger partial charge < -0.3 is 11.1 Å². The van der Waals surface area contributed by atoms with Gasteiger partial charge in [0.05, 0.1) is 17.6 Å². The molecule has 2 rings (SSSR count). The van der Waals surface area contributed by atoms with Crippen LogP contribution in [-0.2, 0) is 0 Å². The van der Waals surface area contributed by atoms with E-state index >= 15 is 0 Å². The van der Waals surface area contributed by atoms with Gasteiger partial charge >= 0.3 is 0 Å². The van der Waals surface area contributed by atoms with Gasteiger partial charge in [-0.25, -0.2) is 0 Å². The van der Waals surface area contributed by atoms with Crippen molar-refractivity contribution in [3.63, 3.8) is 0 Å². The Morgan fingerprint density at radius 2 is 2.11 bits per heavy atom. The third-order valence-corrected chi connectivity index (χ3v) is 3.36. The summed E-state index contributed by atoms with van der Waals surface area (Å²) in [6.07, 6.45) is 3.38. The number of nitrogens with one attached hydrogen (secondary N) is 1. The summed E-state index contributed by atoms with van der Waals surface area (Å²) in [4.78, 5) is 4.43. The minimum atomic E-state index is 0.350. The summed E-state index contributed by atoms with van der Waals surface area (Å²) in [7, 11) is 0. The molecule has 0 saturated heterocycles. The van der Waals surface area contributed by atoms with Gasteiger partial charge in [-0.05, 0) is 46.6 Å². The molecule has 5 heteroatoms. The standard InChI is InChI=1S/C13H12BrN3S/c1-8-2-3-11(10(14)6-8)17-12-7-16-5-4-9(12)13(15)18/h2-7,17H,1H3,(H2,15,18). The van der Waals surface area contributed by atoms with Crippen molar-refractivity contribution in [1.29, 1.82) is 0 Å². The first kappa shape index (κ1) is 13.0. The normalized spacial score (nSPS) is 10.1. The summed E-state index contributed by atoms with van der Waals surface area (Å²) in [5.74, 6) is 0. The van der Waals surface area contributed by atoms with Gasteiger partial charge in [-0.2, -0.15) is 0 Å². The zero-order valence-corrected chi connectivity index (χ0v) is 12.2. The molecule has 1 heterocycles. The summed E-state index contributed by atoms with van der Waals surface area (Å²) >= 11 is 8.54. The maximum atomic E-state index is 5.68. The number of rotatable bonds is 3. The molecular weight excluding hydrogens is 310 g/mol. The van der Waals surface area contributed by atoms with Crippen molar-refractivity contribution in [1.82, 2.24) is 4.98 Å². The van der Waals surface area contributed by atoms with Gasteiger partial charge in [0, 0.05) is 16.2 Å². The Balaban J connectivity index is 2.37. The van der Waals surface area contributed by atoms with E-state index in [4.69, 9.17) is 18.0 Å². The van der Waals surface area contributed by atoms with Crippen LogP contribution < -0.4 is 11.1 Å². The molecule has 3 N–H and O–H groups in total. The lowest BCUT2D eigenvalue weighted by Crippen LogP contribution is -2.12. The molecule has 0 saturated carbocycles. The van der Waals surface area contributed by atoms with Crippen molar-refractivity contribution in [2.24, 2.45) is 5.73 Å². The topological polar surface area (TPSA) is 50.9 Å². The lowest BCUT2D eigenvalue weighted by Gasteiger charge is -2.12. The second kappa shape index (κ2) is 5.46. The van der Waals surface area contributed by atoms with Crippen molar-refractivity contribution in [2.45, 2.75) is 6.92 Å². The van der Waals surface area contributed by atoms with E-state index in [0.717, 1.165) is 21.4 Å². The first-order chi connectivity index (χ1) is 8.58. The fourth-order valence-electron chi connectivity index (χ4n) is 1.58. The van der Waals surface area contributed by atoms with E-state index in [1.165, 1.54) is 5.56 Å². The Kier molecular flexibility index (Phi) is 3.93. The van der Waals surface area contributed by atoms with E-state index in [0.29, 0.717) is 4.99 Å². The van der Waals surface area contributed by atoms with Crippen LogP contribution >= 0.6 is 28.1 Å². The van der Waals surface area contributed by atoms with Crippen LogP contribution in [0.15, 0.2) is 41.1 Å². The Bertz CT molecular complexity index is 599. The third-order valence-electron chi connectivity index (χ3n) is 2.48. The maximum Gasteiger partial charge on any atom is 0.106 e. The van der Waals surface area contributed by atoms with Crippen molar-refractivity contribution in [3.05, 3.63) is 52.3 Å². The zero-order chi connectivity index (χ0) is 13.1. The number of benzene rings is 1. The molecule has 18 heavy (non-hydrogen) atoms. The Morgan fingerprint density at radius 1 is 1.33 bits per heavy atom. The molecule has 0 bridgehead atoms. The van der Waals surface area contributed by atoms with Gasteiger partial charge in [-0.15, -0.1) is 0 Å². The number of aromatic nitrogens is 1. The SMILES string of the molecule is Cc1ccc(Nc2cnccc2C(N)=S)c(Br)c1. The van der Waals surface area contributed by atoms with Gasteiger partial charge in [0.25, 0.3) is 0 Å². The lowest BCUT2D eigenvalue weighted by atomic mass is 10.2. The monoisotopic (exact) mass is 321 g/mol. The summed E-state index contributed by atoms with van der Waals surface area (Å²) in [6, 6.07) is 7.87. The number of nitrogens with two attached hydrogens (primary N) is 1. The summed E-state index contributed by atoms with van der Waals surface area (Å²) in [5.41, 5.74) is 9.41. The molecular formula is C13H12BrN3S. The van der Waals surface area contributed by atoms with E-state index < -0.39 is 0 Å². The lowest BCUT2D eigenvalue weighted by molar-refractivity contribution is 1.31. The molecule has 0 radical (unpaired) electrons. The Morgan fingerprint density at radius 3 is 2.78 bits per heavy atom. The van der Waals surface area contributed by atoms with Gasteiger partial charge in [-0.3, -0.25) is 4.98 Å². The quantitative estimate of drug-likeness (QED) is 0.849. The molecule has 0 aliphatic heterocycles. The van der Waals surface area contributed by atoms with Gasteiger partial charge in [-0.1, -0.05) is 18.3 Å². The van der Waals surface area contributed by atoms with Crippen molar-refractivity contribution < 1.29 is 0 Å². The van der Waals surface area contributed by atoms with E-state index in [1.54, 1.807) is 18.5 Å². The summed E-state index contributed by atoms with van der Waals surface area (Å²) in [5, 5.41) is 3.27. The van der Waals surface area contributed by atoms with Crippen LogP contribution in [0.5, 0.6) is 0 Å². The molecule has 1 aromatic carbocycles. The van der Waals surface area contributed by atoms with Crippen LogP contribution in [0.1, 0.15) is 11.1 Å². The minimum Gasteiger partial charge on any atom is -0.389 e. The van der Waals surface area contributed by atoms with Crippen molar-refractivity contribution in [3.8, 4) is 0 Å². The average molecular weight is 322 g/mol. The number of hydrogen-bond donors (Lipinski definition) is 2. The number of thiocarbonyl (C=S) groups is 1. The first-order valence-corrected chi connectivity index (χ1v) is 6.55. The van der Waals surface area contributed by atoms with Gasteiger partial charge in [0.2, 0.25) is 0 Å². The summed E-state index contributed by atoms with van der Waals surface area (Å²) < 4.78 is 0.986. The van der Waals surface area contributed by atoms with Crippen molar-refractivity contribution >= 4 is 44.5 Å². The van der Waals surface area contributed by atoms with Crippen LogP contribution in [0.25, 0.3) is 0 Å². The third kappa shape index (κ3) is 2.86. The largest absolute Gasteiger partial charge is 0.389 e. The predicted octanol–water partition coefficient (Wildman–Crippen LogP) is 3.53. The number of aryl methyl sites for hydroxylation is 1. The molecule has 1 aromatic heterocycles. The number of nitrogens with zero attached hydrogens (tertiary/aromatic N) is 1. The minimum absolute atomic E-state index is 0.350. The molecule has 0 spiro atoms. The van der Waals surface area contributed by atoms with E-state index in [-0.39, 0.29) is 0 Å². The highest BCUT2D eigenvalue weighted by Crippen LogP contribution is 2.27. The Labute approximate surface area is 120 Å². The number of pyridine rings is 1. The maximum absolute atomic E-state index is 5.68. The molecule has 0 amide bonds. The highest BCUT2D eigenvalue weighted by atomic mass is 79.9. The highest BCUT2D eigenvalue weighted by molar-refractivity contribution is 9.10. The highest BCUT2D eigenvalue weighted by Gasteiger charge is 2.07. The molecule has 2 aromatic rings. The number of halogens is 1. The van der Waals surface area contributed by atoms with Crippen LogP contribution in [0, 0.1) is 6.92 Å². The molecule has 0 fully saturated rings. The molecule has 0 aliphatic carbocycles. The molecule has 0 atom stereocenters. The first-order valence-electron chi connectivity index (χ1n) is 5.35. The number of hydrogen-bond acceptors (Lipinski definition) is 3. The summed E-state index contributed by atoms with van der Waals surface area (Å²) in [6.45, 7) is 2.04. The second-order valence-corrected chi connectivity index (χ2v) is 5.19. The van der Waals surface area contributed by atoms with E-state index in [2.05, 4.69) is 26.2 Å². The number of anilines is 2. The van der Waals surface area contributed by atoms with Crippen molar-refractivity contribution in [2.75, 3.05) is 5.32 Å². The van der Waals surface area contributed by atoms with Crippen LogP contribution in [-0.4, -0.2) is 9.97 Å². The van der Waals surface area contributed by atoms with Crippen LogP contribution in [0.4, 0.5) is 11.4 Å². The fraction of sp³-hybridized carbons (Fsp3) is 0.0769. The van der Waals surface area contributed by atoms with Gasteiger partial charge in [0.1, 0.15) is 4.99 Å². The molecule has 3 nitrogen and oxygen atoms in total. The second-order valence-electron chi connectivity index (χ2n) is 3.89. The smallest absolute Gasteiger partial charge is 0.106 e. The zero-order valence-electron chi connectivity index (χ0n) is 9.77.